The normalized spacial score (nSPS) is 14.1. The molecule has 1 aromatic heterocycles. The third-order valence-electron chi connectivity index (χ3n) is 3.89. The molecule has 0 unspecified atom stereocenters. The van der Waals surface area contributed by atoms with E-state index in [1.165, 1.54) is 24.7 Å². The van der Waals surface area contributed by atoms with Crippen molar-refractivity contribution in [1.82, 2.24) is 15.3 Å². The van der Waals surface area contributed by atoms with E-state index in [1.54, 1.807) is 6.07 Å². The fourth-order valence-electron chi connectivity index (χ4n) is 2.57. The van der Waals surface area contributed by atoms with Crippen molar-refractivity contribution in [1.29, 1.82) is 0 Å². The molecule has 1 fully saturated rings. The van der Waals surface area contributed by atoms with Crippen molar-refractivity contribution < 1.29 is 4.79 Å². The minimum atomic E-state index is -0.163. The molecule has 3 rings (SSSR count). The Labute approximate surface area is 130 Å². The van der Waals surface area contributed by atoms with Crippen molar-refractivity contribution in [3.8, 4) is 0 Å². The first-order chi connectivity index (χ1) is 10.7. The van der Waals surface area contributed by atoms with Gasteiger partial charge in [-0.15, -0.1) is 0 Å². The summed E-state index contributed by atoms with van der Waals surface area (Å²) in [4.78, 5) is 22.8. The lowest BCUT2D eigenvalue weighted by molar-refractivity contribution is 0.0946. The smallest absolute Gasteiger partial charge is 0.270 e. The van der Waals surface area contributed by atoms with Gasteiger partial charge in [0.15, 0.2) is 0 Å². The number of hydrogen-bond acceptors (Lipinski definition) is 4. The summed E-state index contributed by atoms with van der Waals surface area (Å²) in [6, 6.07) is 9.89. The van der Waals surface area contributed by atoms with E-state index in [1.807, 2.05) is 31.2 Å². The second-order valence-corrected chi connectivity index (χ2v) is 5.62. The van der Waals surface area contributed by atoms with Crippen LogP contribution in [0.3, 0.4) is 0 Å². The molecule has 0 saturated carbocycles. The number of nitrogens with zero attached hydrogens (tertiary/aromatic N) is 3. The van der Waals surface area contributed by atoms with Gasteiger partial charge in [-0.25, -0.2) is 9.97 Å². The number of carbonyl (C=O) groups excluding carboxylic acids is 1. The highest BCUT2D eigenvalue weighted by Crippen LogP contribution is 2.17. The van der Waals surface area contributed by atoms with Crippen molar-refractivity contribution in [2.24, 2.45) is 0 Å². The van der Waals surface area contributed by atoms with Crippen LogP contribution in [0.1, 0.15) is 34.5 Å². The maximum absolute atomic E-state index is 12.2. The predicted octanol–water partition coefficient (Wildman–Crippen LogP) is 2.32. The average molecular weight is 296 g/mol. The Morgan fingerprint density at radius 2 is 1.91 bits per heavy atom. The molecule has 1 N–H and O–H groups in total. The molecule has 1 aliphatic rings. The van der Waals surface area contributed by atoms with Gasteiger partial charge in [0.25, 0.3) is 5.91 Å². The van der Waals surface area contributed by atoms with Crippen LogP contribution in [0.25, 0.3) is 0 Å². The first-order valence-electron chi connectivity index (χ1n) is 7.63. The molecule has 0 bridgehead atoms. The van der Waals surface area contributed by atoms with E-state index in [0.29, 0.717) is 12.2 Å². The van der Waals surface area contributed by atoms with Crippen LogP contribution in [0.15, 0.2) is 36.7 Å². The maximum Gasteiger partial charge on any atom is 0.270 e. The lowest BCUT2D eigenvalue weighted by Gasteiger charge is -2.16. The summed E-state index contributed by atoms with van der Waals surface area (Å²) in [6.07, 6.45) is 3.83. The second kappa shape index (κ2) is 6.56. The standard InChI is InChI=1S/C17H20N4O/c1-13-4-6-14(7-5-13)11-18-17(22)15-10-16(20-12-19-15)21-8-2-3-9-21/h4-7,10,12H,2-3,8-9,11H2,1H3,(H,18,22). The van der Waals surface area contributed by atoms with Gasteiger partial charge in [-0.2, -0.15) is 0 Å². The Morgan fingerprint density at radius 1 is 1.18 bits per heavy atom. The van der Waals surface area contributed by atoms with E-state index in [-0.39, 0.29) is 5.91 Å². The molecule has 1 amide bonds. The number of aromatic nitrogens is 2. The highest BCUT2D eigenvalue weighted by atomic mass is 16.1. The summed E-state index contributed by atoms with van der Waals surface area (Å²) < 4.78 is 0. The molecule has 114 valence electrons. The van der Waals surface area contributed by atoms with Crippen LogP contribution in [0, 0.1) is 6.92 Å². The second-order valence-electron chi connectivity index (χ2n) is 5.62. The van der Waals surface area contributed by atoms with Crippen LogP contribution >= 0.6 is 0 Å². The van der Waals surface area contributed by atoms with Gasteiger partial charge >= 0.3 is 0 Å². The first-order valence-corrected chi connectivity index (χ1v) is 7.63. The number of rotatable bonds is 4. The third-order valence-corrected chi connectivity index (χ3v) is 3.89. The van der Waals surface area contributed by atoms with Gasteiger partial charge in [-0.3, -0.25) is 4.79 Å². The predicted molar refractivity (Wildman–Crippen MR) is 85.8 cm³/mol. The van der Waals surface area contributed by atoms with Crippen LogP contribution < -0.4 is 10.2 Å². The maximum atomic E-state index is 12.2. The molecule has 0 spiro atoms. The molecular weight excluding hydrogens is 276 g/mol. The van der Waals surface area contributed by atoms with E-state index < -0.39 is 0 Å². The average Bonchev–Trinajstić information content (AvgIpc) is 3.09. The summed E-state index contributed by atoms with van der Waals surface area (Å²) in [7, 11) is 0. The summed E-state index contributed by atoms with van der Waals surface area (Å²) in [5, 5.41) is 2.90. The highest BCUT2D eigenvalue weighted by Gasteiger charge is 2.16. The molecule has 1 aromatic carbocycles. The number of carbonyl (C=O) groups is 1. The minimum Gasteiger partial charge on any atom is -0.357 e. The van der Waals surface area contributed by atoms with Crippen molar-refractivity contribution in [3.63, 3.8) is 0 Å². The molecule has 22 heavy (non-hydrogen) atoms. The molecule has 2 aromatic rings. The van der Waals surface area contributed by atoms with Crippen LogP contribution in [-0.2, 0) is 6.54 Å². The molecule has 1 aliphatic heterocycles. The molecule has 5 nitrogen and oxygen atoms in total. The summed E-state index contributed by atoms with van der Waals surface area (Å²) >= 11 is 0. The SMILES string of the molecule is Cc1ccc(CNC(=O)c2cc(N3CCCC3)ncn2)cc1. The third kappa shape index (κ3) is 3.42. The zero-order valence-corrected chi connectivity index (χ0v) is 12.7. The van der Waals surface area contributed by atoms with E-state index in [0.717, 1.165) is 24.5 Å². The van der Waals surface area contributed by atoms with E-state index >= 15 is 0 Å². The van der Waals surface area contributed by atoms with Crippen molar-refractivity contribution in [2.75, 3.05) is 18.0 Å². The molecular formula is C17H20N4O. The number of amides is 1. The van der Waals surface area contributed by atoms with Gasteiger partial charge in [0.05, 0.1) is 0 Å². The minimum absolute atomic E-state index is 0.163. The van der Waals surface area contributed by atoms with Crippen LogP contribution in [0.5, 0.6) is 0 Å². The van der Waals surface area contributed by atoms with Gasteiger partial charge < -0.3 is 10.2 Å². The van der Waals surface area contributed by atoms with Gasteiger partial charge in [-0.05, 0) is 25.3 Å². The highest BCUT2D eigenvalue weighted by molar-refractivity contribution is 5.92. The van der Waals surface area contributed by atoms with Gasteiger partial charge in [0.1, 0.15) is 17.8 Å². The van der Waals surface area contributed by atoms with Gasteiger partial charge in [0, 0.05) is 25.7 Å². The summed E-state index contributed by atoms with van der Waals surface area (Å²) in [5.41, 5.74) is 2.71. The molecule has 0 atom stereocenters. The lowest BCUT2D eigenvalue weighted by Crippen LogP contribution is -2.25. The van der Waals surface area contributed by atoms with Crippen molar-refractivity contribution >= 4 is 11.7 Å². The first kappa shape index (κ1) is 14.5. The largest absolute Gasteiger partial charge is 0.357 e. The van der Waals surface area contributed by atoms with E-state index in [9.17, 15) is 4.79 Å². The van der Waals surface area contributed by atoms with Crippen LogP contribution in [0.2, 0.25) is 0 Å². The number of anilines is 1. The van der Waals surface area contributed by atoms with Crippen molar-refractivity contribution in [3.05, 3.63) is 53.5 Å². The van der Waals surface area contributed by atoms with E-state index in [4.69, 9.17) is 0 Å². The van der Waals surface area contributed by atoms with Crippen LogP contribution in [-0.4, -0.2) is 29.0 Å². The Morgan fingerprint density at radius 3 is 2.64 bits per heavy atom. The quantitative estimate of drug-likeness (QED) is 0.940. The Balaban J connectivity index is 1.64. The van der Waals surface area contributed by atoms with Gasteiger partial charge in [-0.1, -0.05) is 29.8 Å². The summed E-state index contributed by atoms with van der Waals surface area (Å²) in [6.45, 7) is 4.55. The summed E-state index contributed by atoms with van der Waals surface area (Å²) in [5.74, 6) is 0.677. The Bertz CT molecular complexity index is 648. The van der Waals surface area contributed by atoms with Gasteiger partial charge in [0.2, 0.25) is 0 Å². The van der Waals surface area contributed by atoms with E-state index in [2.05, 4.69) is 20.2 Å². The fraction of sp³-hybridized carbons (Fsp3) is 0.353. The van der Waals surface area contributed by atoms with Crippen LogP contribution in [0.4, 0.5) is 5.82 Å². The zero-order valence-electron chi connectivity index (χ0n) is 12.7. The number of nitrogens with one attached hydrogen (secondary N) is 1. The topological polar surface area (TPSA) is 58.1 Å². The number of hydrogen-bond donors (Lipinski definition) is 1. The van der Waals surface area contributed by atoms with Crippen molar-refractivity contribution in [2.45, 2.75) is 26.3 Å². The Hall–Kier alpha value is -2.43. The monoisotopic (exact) mass is 296 g/mol. The molecule has 0 aliphatic carbocycles. The fourth-order valence-corrected chi connectivity index (χ4v) is 2.57. The molecule has 2 heterocycles. The molecule has 1 saturated heterocycles. The Kier molecular flexibility index (Phi) is 4.32. The molecule has 0 radical (unpaired) electrons. The zero-order chi connectivity index (χ0) is 15.4. The lowest BCUT2D eigenvalue weighted by atomic mass is 10.1. The molecule has 5 heteroatoms. The number of aryl methyl sites for hydroxylation is 1. The number of benzene rings is 1.